The summed E-state index contributed by atoms with van der Waals surface area (Å²) in [6.45, 7) is 1.78. The van der Waals surface area contributed by atoms with E-state index >= 15 is 0 Å². The van der Waals surface area contributed by atoms with Crippen molar-refractivity contribution in [2.75, 3.05) is 12.4 Å². The SMILES string of the molecule is CCC(=O)Nc1cccc(C(=O)/C=C/c2ccc(OC)cc2)c1. The Balaban J connectivity index is 2.08. The number of allylic oxidation sites excluding steroid dienone is 1. The van der Waals surface area contributed by atoms with E-state index in [9.17, 15) is 9.59 Å². The van der Waals surface area contributed by atoms with Crippen LogP contribution in [0.3, 0.4) is 0 Å². The van der Waals surface area contributed by atoms with Crippen LogP contribution in [0, 0.1) is 0 Å². The van der Waals surface area contributed by atoms with Crippen LogP contribution in [0.25, 0.3) is 6.08 Å². The fourth-order valence-corrected chi connectivity index (χ4v) is 1.98. The lowest BCUT2D eigenvalue weighted by Crippen LogP contribution is -2.09. The molecule has 2 aromatic rings. The number of rotatable bonds is 6. The van der Waals surface area contributed by atoms with Gasteiger partial charge in [-0.2, -0.15) is 0 Å². The van der Waals surface area contributed by atoms with Crippen LogP contribution in [-0.4, -0.2) is 18.8 Å². The number of ether oxygens (including phenoxy) is 1. The van der Waals surface area contributed by atoms with Gasteiger partial charge in [-0.25, -0.2) is 0 Å². The summed E-state index contributed by atoms with van der Waals surface area (Å²) >= 11 is 0. The van der Waals surface area contributed by atoms with Gasteiger partial charge in [0.25, 0.3) is 0 Å². The van der Waals surface area contributed by atoms with Crippen molar-refractivity contribution in [3.63, 3.8) is 0 Å². The van der Waals surface area contributed by atoms with Gasteiger partial charge in [0.15, 0.2) is 5.78 Å². The molecule has 0 aliphatic rings. The molecule has 0 unspecified atom stereocenters. The number of hydrogen-bond acceptors (Lipinski definition) is 3. The monoisotopic (exact) mass is 309 g/mol. The quantitative estimate of drug-likeness (QED) is 0.649. The van der Waals surface area contributed by atoms with Gasteiger partial charge in [-0.15, -0.1) is 0 Å². The average Bonchev–Trinajstić information content (AvgIpc) is 2.60. The van der Waals surface area contributed by atoms with Gasteiger partial charge in [0.1, 0.15) is 5.75 Å². The number of methoxy groups -OCH3 is 1. The normalized spacial score (nSPS) is 10.5. The van der Waals surface area contributed by atoms with Gasteiger partial charge in [0, 0.05) is 17.7 Å². The highest BCUT2D eigenvalue weighted by Crippen LogP contribution is 2.15. The molecule has 0 spiro atoms. The number of nitrogens with one attached hydrogen (secondary N) is 1. The highest BCUT2D eigenvalue weighted by Gasteiger charge is 2.04. The maximum atomic E-state index is 12.2. The highest BCUT2D eigenvalue weighted by atomic mass is 16.5. The molecule has 4 nitrogen and oxygen atoms in total. The van der Waals surface area contributed by atoms with Crippen molar-refractivity contribution in [2.45, 2.75) is 13.3 Å². The molecule has 0 aliphatic heterocycles. The summed E-state index contributed by atoms with van der Waals surface area (Å²) < 4.78 is 5.09. The zero-order valence-corrected chi connectivity index (χ0v) is 13.2. The Labute approximate surface area is 135 Å². The summed E-state index contributed by atoms with van der Waals surface area (Å²) in [4.78, 5) is 23.6. The topological polar surface area (TPSA) is 55.4 Å². The third-order valence-electron chi connectivity index (χ3n) is 3.29. The fraction of sp³-hybridized carbons (Fsp3) is 0.158. The maximum Gasteiger partial charge on any atom is 0.224 e. The number of benzene rings is 2. The summed E-state index contributed by atoms with van der Waals surface area (Å²) in [7, 11) is 1.61. The Morgan fingerprint density at radius 1 is 1.13 bits per heavy atom. The summed E-state index contributed by atoms with van der Waals surface area (Å²) in [5.41, 5.74) is 2.07. The second-order valence-electron chi connectivity index (χ2n) is 4.95. The molecule has 0 atom stereocenters. The van der Waals surface area contributed by atoms with Crippen molar-refractivity contribution in [1.29, 1.82) is 0 Å². The van der Waals surface area contributed by atoms with E-state index in [0.717, 1.165) is 11.3 Å². The second kappa shape index (κ2) is 7.94. The maximum absolute atomic E-state index is 12.2. The first kappa shape index (κ1) is 16.5. The number of anilines is 1. The minimum Gasteiger partial charge on any atom is -0.497 e. The third kappa shape index (κ3) is 4.81. The highest BCUT2D eigenvalue weighted by molar-refractivity contribution is 6.07. The first-order valence-corrected chi connectivity index (χ1v) is 7.38. The van der Waals surface area contributed by atoms with Crippen molar-refractivity contribution in [3.8, 4) is 5.75 Å². The van der Waals surface area contributed by atoms with Crippen LogP contribution in [-0.2, 0) is 4.79 Å². The van der Waals surface area contributed by atoms with Gasteiger partial charge in [0.05, 0.1) is 7.11 Å². The van der Waals surface area contributed by atoms with Gasteiger partial charge in [0.2, 0.25) is 5.91 Å². The molecule has 0 fully saturated rings. The lowest BCUT2D eigenvalue weighted by molar-refractivity contribution is -0.115. The molecule has 4 heteroatoms. The van der Waals surface area contributed by atoms with Gasteiger partial charge >= 0.3 is 0 Å². The molecule has 0 aromatic heterocycles. The summed E-state index contributed by atoms with van der Waals surface area (Å²) in [6.07, 6.45) is 3.66. The van der Waals surface area contributed by atoms with Crippen molar-refractivity contribution in [1.82, 2.24) is 0 Å². The van der Waals surface area contributed by atoms with E-state index in [2.05, 4.69) is 5.32 Å². The van der Waals surface area contributed by atoms with E-state index in [1.54, 1.807) is 44.4 Å². The predicted octanol–water partition coefficient (Wildman–Crippen LogP) is 3.94. The van der Waals surface area contributed by atoms with Crippen molar-refractivity contribution >= 4 is 23.5 Å². The van der Waals surface area contributed by atoms with E-state index in [1.807, 2.05) is 24.3 Å². The number of hydrogen-bond donors (Lipinski definition) is 1. The van der Waals surface area contributed by atoms with E-state index < -0.39 is 0 Å². The van der Waals surface area contributed by atoms with Crippen LogP contribution in [0.4, 0.5) is 5.69 Å². The Hall–Kier alpha value is -2.88. The van der Waals surface area contributed by atoms with Crippen LogP contribution in [0.1, 0.15) is 29.3 Å². The second-order valence-corrected chi connectivity index (χ2v) is 4.95. The Bertz CT molecular complexity index is 718. The number of amides is 1. The zero-order chi connectivity index (χ0) is 16.7. The van der Waals surface area contributed by atoms with Crippen LogP contribution in [0.5, 0.6) is 5.75 Å². The lowest BCUT2D eigenvalue weighted by atomic mass is 10.1. The summed E-state index contributed by atoms with van der Waals surface area (Å²) in [6, 6.07) is 14.3. The zero-order valence-electron chi connectivity index (χ0n) is 13.2. The Kier molecular flexibility index (Phi) is 5.69. The molecule has 0 heterocycles. The van der Waals surface area contributed by atoms with E-state index in [0.29, 0.717) is 17.7 Å². The Morgan fingerprint density at radius 3 is 2.52 bits per heavy atom. The van der Waals surface area contributed by atoms with E-state index in [4.69, 9.17) is 4.74 Å². The molecule has 2 aromatic carbocycles. The van der Waals surface area contributed by atoms with Crippen molar-refractivity contribution in [2.24, 2.45) is 0 Å². The van der Waals surface area contributed by atoms with Gasteiger partial charge in [-0.1, -0.05) is 37.3 Å². The molecule has 0 bridgehead atoms. The first-order chi connectivity index (χ1) is 11.1. The Morgan fingerprint density at radius 2 is 1.87 bits per heavy atom. The largest absolute Gasteiger partial charge is 0.497 e. The minimum atomic E-state index is -0.117. The molecule has 0 saturated heterocycles. The number of carbonyl (C=O) groups excluding carboxylic acids is 2. The molecule has 0 radical (unpaired) electrons. The van der Waals surface area contributed by atoms with Gasteiger partial charge < -0.3 is 10.1 Å². The molecule has 1 N–H and O–H groups in total. The van der Waals surface area contributed by atoms with Crippen molar-refractivity contribution in [3.05, 3.63) is 65.7 Å². The van der Waals surface area contributed by atoms with Crippen LogP contribution < -0.4 is 10.1 Å². The van der Waals surface area contributed by atoms with Crippen LogP contribution >= 0.6 is 0 Å². The smallest absolute Gasteiger partial charge is 0.224 e. The summed E-state index contributed by atoms with van der Waals surface area (Å²) in [5.74, 6) is 0.574. The fourth-order valence-electron chi connectivity index (χ4n) is 1.98. The standard InChI is InChI=1S/C19H19NO3/c1-3-19(22)20-16-6-4-5-15(13-16)18(21)12-9-14-7-10-17(23-2)11-8-14/h4-13H,3H2,1-2H3,(H,20,22)/b12-9+. The number of carbonyl (C=O) groups is 2. The third-order valence-corrected chi connectivity index (χ3v) is 3.29. The minimum absolute atomic E-state index is 0.0802. The first-order valence-electron chi connectivity index (χ1n) is 7.38. The molecule has 23 heavy (non-hydrogen) atoms. The molecule has 2 rings (SSSR count). The number of ketones is 1. The molecule has 0 saturated carbocycles. The van der Waals surface area contributed by atoms with Gasteiger partial charge in [-0.05, 0) is 35.9 Å². The average molecular weight is 309 g/mol. The van der Waals surface area contributed by atoms with Gasteiger partial charge in [-0.3, -0.25) is 9.59 Å². The van der Waals surface area contributed by atoms with E-state index in [1.165, 1.54) is 6.08 Å². The lowest BCUT2D eigenvalue weighted by Gasteiger charge is -2.04. The molecule has 0 aliphatic carbocycles. The van der Waals surface area contributed by atoms with Crippen LogP contribution in [0.2, 0.25) is 0 Å². The van der Waals surface area contributed by atoms with E-state index in [-0.39, 0.29) is 11.7 Å². The molecular weight excluding hydrogens is 290 g/mol. The van der Waals surface area contributed by atoms with Crippen molar-refractivity contribution < 1.29 is 14.3 Å². The molecule has 118 valence electrons. The molecule has 1 amide bonds. The predicted molar refractivity (Wildman–Crippen MR) is 91.7 cm³/mol. The molecular formula is C19H19NO3. The summed E-state index contributed by atoms with van der Waals surface area (Å²) in [5, 5.41) is 2.74. The van der Waals surface area contributed by atoms with Crippen LogP contribution in [0.15, 0.2) is 54.6 Å².